The lowest BCUT2D eigenvalue weighted by molar-refractivity contribution is 0.483. The molecule has 11 aromatic rings. The third kappa shape index (κ3) is 7.50. The van der Waals surface area contributed by atoms with E-state index in [4.69, 9.17) is 4.74 Å². The van der Waals surface area contributed by atoms with Crippen LogP contribution in [0.5, 0.6) is 11.5 Å². The molecule has 0 amide bonds. The van der Waals surface area contributed by atoms with Gasteiger partial charge in [0.2, 0.25) is 0 Å². The van der Waals surface area contributed by atoms with Crippen molar-refractivity contribution in [3.05, 3.63) is 248 Å². The first-order valence-electron chi connectivity index (χ1n) is 23.3. The predicted molar refractivity (Wildman–Crippen MR) is 285 cm³/mol. The van der Waals surface area contributed by atoms with Gasteiger partial charge in [-0.3, -0.25) is 0 Å². The van der Waals surface area contributed by atoms with Crippen LogP contribution in [-0.2, 0) is 6.67 Å². The second-order valence-electron chi connectivity index (χ2n) is 17.4. The zero-order valence-electron chi connectivity index (χ0n) is 37.8. The first-order valence-corrected chi connectivity index (χ1v) is 23.3. The Morgan fingerprint density at radius 2 is 0.912 bits per heavy atom. The Balaban J connectivity index is 0.893. The summed E-state index contributed by atoms with van der Waals surface area (Å²) in [6.45, 7) is 3.36. The highest BCUT2D eigenvalue weighted by molar-refractivity contribution is 6.08. The van der Waals surface area contributed by atoms with Crippen LogP contribution in [0.3, 0.4) is 0 Å². The van der Waals surface area contributed by atoms with Gasteiger partial charge in [0.1, 0.15) is 18.2 Å². The van der Waals surface area contributed by atoms with Gasteiger partial charge >= 0.3 is 0 Å². The molecule has 0 saturated carbocycles. The second-order valence-corrected chi connectivity index (χ2v) is 17.4. The molecule has 0 radical (unpaired) electrons. The van der Waals surface area contributed by atoms with Gasteiger partial charge < -0.3 is 24.4 Å². The standard InChI is InChI=1S/C63H48N4O/c1-44-38-56(47-24-10-4-11-25-47)62(57(39-44)48-26-12-5-13-27-48)64-42-65-58-33-15-14-30-54(58)55-37-36-51(41-61(55)65)68-50-29-18-28-49(40-50)66-43-67(60-35-17-16-34-59(60)66)63-52(45-20-6-2-7-21-45)31-19-32-53(63)46-22-8-3-9-23-46/h2-41,64H,42-43H2,1H3. The molecule has 2 heterocycles. The van der Waals surface area contributed by atoms with Crippen LogP contribution in [0.2, 0.25) is 0 Å². The molecule has 0 unspecified atom stereocenters. The van der Waals surface area contributed by atoms with E-state index in [1.165, 1.54) is 66.5 Å². The van der Waals surface area contributed by atoms with Crippen LogP contribution in [-0.4, -0.2) is 11.2 Å². The summed E-state index contributed by atoms with van der Waals surface area (Å²) in [5.41, 5.74) is 18.6. The molecule has 1 aliphatic heterocycles. The first kappa shape index (κ1) is 40.7. The molecule has 0 spiro atoms. The van der Waals surface area contributed by atoms with Crippen molar-refractivity contribution in [1.29, 1.82) is 0 Å². The molecule has 0 aliphatic carbocycles. The maximum atomic E-state index is 6.85. The largest absolute Gasteiger partial charge is 0.457 e. The van der Waals surface area contributed by atoms with E-state index in [0.717, 1.165) is 45.3 Å². The van der Waals surface area contributed by atoms with Crippen molar-refractivity contribution in [2.24, 2.45) is 0 Å². The van der Waals surface area contributed by atoms with Crippen molar-refractivity contribution < 1.29 is 4.74 Å². The fraction of sp³-hybridized carbons (Fsp3) is 0.0476. The van der Waals surface area contributed by atoms with Gasteiger partial charge in [-0.1, -0.05) is 176 Å². The third-order valence-electron chi connectivity index (χ3n) is 13.2. The molecule has 10 aromatic carbocycles. The summed E-state index contributed by atoms with van der Waals surface area (Å²) in [6.07, 6.45) is 0. The molecule has 5 nitrogen and oxygen atoms in total. The number of aromatic nitrogens is 1. The Kier molecular flexibility index (Phi) is 10.5. The Hall–Kier alpha value is -8.80. The summed E-state index contributed by atoms with van der Waals surface area (Å²) in [4.78, 5) is 4.86. The van der Waals surface area contributed by atoms with E-state index < -0.39 is 0 Å². The smallest absolute Gasteiger partial charge is 0.129 e. The van der Waals surface area contributed by atoms with Crippen molar-refractivity contribution in [2.45, 2.75) is 13.6 Å². The molecule has 1 N–H and O–H groups in total. The quantitative estimate of drug-likeness (QED) is 0.140. The summed E-state index contributed by atoms with van der Waals surface area (Å²) in [5, 5.41) is 6.34. The lowest BCUT2D eigenvalue weighted by Crippen LogP contribution is -2.24. The fourth-order valence-electron chi connectivity index (χ4n) is 10.1. The molecule has 1 aromatic heterocycles. The molecular formula is C63H48N4O. The molecular weight excluding hydrogens is 829 g/mol. The highest BCUT2D eigenvalue weighted by Gasteiger charge is 2.31. The van der Waals surface area contributed by atoms with Gasteiger partial charge in [-0.25, -0.2) is 0 Å². The molecule has 0 bridgehead atoms. The third-order valence-corrected chi connectivity index (χ3v) is 13.2. The normalized spacial score (nSPS) is 12.1. The van der Waals surface area contributed by atoms with Gasteiger partial charge in [0, 0.05) is 50.8 Å². The van der Waals surface area contributed by atoms with Gasteiger partial charge in [-0.15, -0.1) is 0 Å². The highest BCUT2D eigenvalue weighted by Crippen LogP contribution is 2.50. The summed E-state index contributed by atoms with van der Waals surface area (Å²) >= 11 is 0. The van der Waals surface area contributed by atoms with Crippen LogP contribution in [0.15, 0.2) is 243 Å². The number of benzene rings is 10. The zero-order valence-corrected chi connectivity index (χ0v) is 37.8. The van der Waals surface area contributed by atoms with E-state index in [-0.39, 0.29) is 0 Å². The maximum Gasteiger partial charge on any atom is 0.129 e. The second kappa shape index (κ2) is 17.5. The number of ether oxygens (including phenoxy) is 1. The number of nitrogens with one attached hydrogen (secondary N) is 1. The van der Waals surface area contributed by atoms with Gasteiger partial charge in [0.15, 0.2) is 0 Å². The summed E-state index contributed by atoms with van der Waals surface area (Å²) in [5.74, 6) is 1.55. The minimum Gasteiger partial charge on any atom is -0.457 e. The molecule has 0 fully saturated rings. The number of rotatable bonds is 11. The van der Waals surface area contributed by atoms with E-state index in [1.54, 1.807) is 0 Å². The average Bonchev–Trinajstić information content (AvgIpc) is 3.94. The number of hydrogen-bond acceptors (Lipinski definition) is 4. The topological polar surface area (TPSA) is 32.7 Å². The summed E-state index contributed by atoms with van der Waals surface area (Å²) in [7, 11) is 0. The van der Waals surface area contributed by atoms with Gasteiger partial charge in [0.05, 0.1) is 40.5 Å². The van der Waals surface area contributed by atoms with E-state index in [0.29, 0.717) is 13.3 Å². The summed E-state index contributed by atoms with van der Waals surface area (Å²) < 4.78 is 9.23. The molecule has 0 atom stereocenters. The molecule has 68 heavy (non-hydrogen) atoms. The maximum absolute atomic E-state index is 6.85. The van der Waals surface area contributed by atoms with Crippen LogP contribution >= 0.6 is 0 Å². The van der Waals surface area contributed by atoms with E-state index >= 15 is 0 Å². The van der Waals surface area contributed by atoms with Crippen molar-refractivity contribution >= 4 is 50.2 Å². The molecule has 12 rings (SSSR count). The van der Waals surface area contributed by atoms with Crippen LogP contribution in [0.4, 0.5) is 28.4 Å². The van der Waals surface area contributed by atoms with Crippen LogP contribution in [0, 0.1) is 6.92 Å². The monoisotopic (exact) mass is 876 g/mol. The lowest BCUT2D eigenvalue weighted by atomic mass is 9.93. The van der Waals surface area contributed by atoms with Crippen molar-refractivity contribution in [2.75, 3.05) is 21.8 Å². The Bertz CT molecular complexity index is 3470. The Morgan fingerprint density at radius 1 is 0.412 bits per heavy atom. The summed E-state index contributed by atoms with van der Waals surface area (Å²) in [6, 6.07) is 86.4. The van der Waals surface area contributed by atoms with Gasteiger partial charge in [-0.2, -0.15) is 0 Å². The Labute approximate surface area is 397 Å². The van der Waals surface area contributed by atoms with Gasteiger partial charge in [-0.05, 0) is 89.3 Å². The van der Waals surface area contributed by atoms with Crippen LogP contribution in [0.1, 0.15) is 5.56 Å². The highest BCUT2D eigenvalue weighted by atomic mass is 16.5. The number of hydrogen-bond donors (Lipinski definition) is 1. The minimum atomic E-state index is 0.552. The number of aryl methyl sites for hydroxylation is 1. The molecule has 0 saturated heterocycles. The molecule has 5 heteroatoms. The molecule has 1 aliphatic rings. The first-order chi connectivity index (χ1) is 33.6. The lowest BCUT2D eigenvalue weighted by Gasteiger charge is -2.27. The fourth-order valence-corrected chi connectivity index (χ4v) is 10.1. The number of anilines is 5. The number of para-hydroxylation sites is 4. The van der Waals surface area contributed by atoms with Crippen molar-refractivity contribution in [3.8, 4) is 56.0 Å². The number of fused-ring (bicyclic) bond motifs is 4. The van der Waals surface area contributed by atoms with E-state index in [1.807, 2.05) is 0 Å². The van der Waals surface area contributed by atoms with E-state index in [2.05, 4.69) is 269 Å². The minimum absolute atomic E-state index is 0.552. The van der Waals surface area contributed by atoms with Crippen molar-refractivity contribution in [1.82, 2.24) is 4.57 Å². The van der Waals surface area contributed by atoms with Crippen LogP contribution in [0.25, 0.3) is 66.3 Å². The van der Waals surface area contributed by atoms with Gasteiger partial charge in [0.25, 0.3) is 0 Å². The zero-order chi connectivity index (χ0) is 45.4. The average molecular weight is 877 g/mol. The predicted octanol–water partition coefficient (Wildman–Crippen LogP) is 16.9. The van der Waals surface area contributed by atoms with Crippen molar-refractivity contribution in [3.63, 3.8) is 0 Å². The molecule has 326 valence electrons. The van der Waals surface area contributed by atoms with Crippen LogP contribution < -0.4 is 19.9 Å². The van der Waals surface area contributed by atoms with E-state index in [9.17, 15) is 0 Å². The Morgan fingerprint density at radius 3 is 1.53 bits per heavy atom. The number of nitrogens with zero attached hydrogens (tertiary/aromatic N) is 3. The SMILES string of the molecule is Cc1cc(-c2ccccc2)c(NCn2c3ccccc3c3ccc(Oc4cccc(N5CN(c6c(-c7ccccc7)cccc6-c6ccccc6)c6ccccc65)c4)cc32)c(-c2ccccc2)c1.